The van der Waals surface area contributed by atoms with Crippen LogP contribution >= 0.6 is 0 Å². The first-order valence-electron chi connectivity index (χ1n) is 9.93. The third-order valence-corrected chi connectivity index (χ3v) is 5.03. The molecule has 2 N–H and O–H groups in total. The van der Waals surface area contributed by atoms with Gasteiger partial charge in [-0.05, 0) is 28.8 Å². The second-order valence-electron chi connectivity index (χ2n) is 7.13. The number of guanidine groups is 1. The van der Waals surface area contributed by atoms with Crippen molar-refractivity contribution < 1.29 is 17.9 Å². The number of benzene rings is 2. The highest BCUT2D eigenvalue weighted by molar-refractivity contribution is 5.79. The van der Waals surface area contributed by atoms with E-state index in [1.54, 1.807) is 7.05 Å². The Labute approximate surface area is 174 Å². The maximum atomic E-state index is 12.7. The van der Waals surface area contributed by atoms with Crippen molar-refractivity contribution in [2.75, 3.05) is 33.4 Å². The van der Waals surface area contributed by atoms with Crippen LogP contribution in [0.4, 0.5) is 13.2 Å². The van der Waals surface area contributed by atoms with Gasteiger partial charge in [-0.2, -0.15) is 13.2 Å². The molecule has 162 valence electrons. The van der Waals surface area contributed by atoms with Crippen molar-refractivity contribution in [2.24, 2.45) is 4.99 Å². The molecule has 0 spiro atoms. The molecule has 0 bridgehead atoms. The average molecular weight is 420 g/mol. The molecule has 0 atom stereocenters. The fourth-order valence-corrected chi connectivity index (χ4v) is 3.28. The zero-order chi connectivity index (χ0) is 21.4. The van der Waals surface area contributed by atoms with E-state index in [2.05, 4.69) is 32.7 Å². The SMILES string of the molecule is CN=C(NCc1ccc(C(F)(F)F)cc1)NCc1ccccc1CN1CCOCC1. The zero-order valence-electron chi connectivity index (χ0n) is 17.0. The number of rotatable bonds is 6. The average Bonchev–Trinajstić information content (AvgIpc) is 2.75. The maximum Gasteiger partial charge on any atom is 0.416 e. The first-order valence-corrected chi connectivity index (χ1v) is 9.93. The molecule has 1 fully saturated rings. The number of aliphatic imine (C=N–C) groups is 1. The minimum atomic E-state index is -4.32. The van der Waals surface area contributed by atoms with Gasteiger partial charge < -0.3 is 15.4 Å². The fraction of sp³-hybridized carbons (Fsp3) is 0.409. The molecule has 0 aliphatic carbocycles. The van der Waals surface area contributed by atoms with E-state index in [-0.39, 0.29) is 0 Å². The zero-order valence-corrected chi connectivity index (χ0v) is 17.0. The van der Waals surface area contributed by atoms with Gasteiger partial charge in [0, 0.05) is 39.8 Å². The Kier molecular flexibility index (Phi) is 7.70. The number of hydrogen-bond donors (Lipinski definition) is 2. The van der Waals surface area contributed by atoms with Crippen LogP contribution in [0.15, 0.2) is 53.5 Å². The first-order chi connectivity index (χ1) is 14.5. The number of nitrogens with zero attached hydrogens (tertiary/aromatic N) is 2. The molecule has 1 aliphatic rings. The van der Waals surface area contributed by atoms with Crippen LogP contribution in [0, 0.1) is 0 Å². The van der Waals surface area contributed by atoms with Gasteiger partial charge in [-0.3, -0.25) is 9.89 Å². The van der Waals surface area contributed by atoms with Crippen LogP contribution < -0.4 is 10.6 Å². The molecule has 0 radical (unpaired) electrons. The first kappa shape index (κ1) is 22.1. The van der Waals surface area contributed by atoms with Gasteiger partial charge in [-0.25, -0.2) is 0 Å². The largest absolute Gasteiger partial charge is 0.416 e. The summed E-state index contributed by atoms with van der Waals surface area (Å²) in [5.74, 6) is 0.594. The summed E-state index contributed by atoms with van der Waals surface area (Å²) in [4.78, 5) is 6.58. The number of alkyl halides is 3. The summed E-state index contributed by atoms with van der Waals surface area (Å²) in [5, 5.41) is 6.43. The molecular formula is C22H27F3N4O. The number of hydrogen-bond acceptors (Lipinski definition) is 3. The molecule has 1 heterocycles. The molecule has 2 aromatic rings. The van der Waals surface area contributed by atoms with Crippen LogP contribution in [0.3, 0.4) is 0 Å². The summed E-state index contributed by atoms with van der Waals surface area (Å²) in [7, 11) is 1.67. The second kappa shape index (κ2) is 10.4. The van der Waals surface area contributed by atoms with Crippen LogP contribution in [0.1, 0.15) is 22.3 Å². The fourth-order valence-electron chi connectivity index (χ4n) is 3.28. The lowest BCUT2D eigenvalue weighted by Gasteiger charge is -2.27. The summed E-state index contributed by atoms with van der Waals surface area (Å²) in [5.41, 5.74) is 2.54. The van der Waals surface area contributed by atoms with E-state index >= 15 is 0 Å². The molecular weight excluding hydrogens is 393 g/mol. The molecule has 8 heteroatoms. The van der Waals surface area contributed by atoms with Crippen LogP contribution in [0.2, 0.25) is 0 Å². The molecule has 5 nitrogen and oxygen atoms in total. The number of ether oxygens (including phenoxy) is 1. The van der Waals surface area contributed by atoms with Crippen molar-refractivity contribution in [1.29, 1.82) is 0 Å². The van der Waals surface area contributed by atoms with Gasteiger partial charge in [-0.1, -0.05) is 36.4 Å². The lowest BCUT2D eigenvalue weighted by Crippen LogP contribution is -2.37. The Bertz CT molecular complexity index is 831. The Hall–Kier alpha value is -2.58. The lowest BCUT2D eigenvalue weighted by atomic mass is 10.1. The molecule has 0 amide bonds. The van der Waals surface area contributed by atoms with Gasteiger partial charge >= 0.3 is 6.18 Å². The van der Waals surface area contributed by atoms with Crippen molar-refractivity contribution in [3.63, 3.8) is 0 Å². The summed E-state index contributed by atoms with van der Waals surface area (Å²) in [6, 6.07) is 13.4. The van der Waals surface area contributed by atoms with Crippen molar-refractivity contribution in [1.82, 2.24) is 15.5 Å². The Morgan fingerprint density at radius 1 is 0.967 bits per heavy atom. The molecule has 1 aliphatic heterocycles. The summed E-state index contributed by atoms with van der Waals surface area (Å²) >= 11 is 0. The van der Waals surface area contributed by atoms with Crippen LogP contribution in [0.25, 0.3) is 0 Å². The van der Waals surface area contributed by atoms with E-state index in [4.69, 9.17) is 4.74 Å². The van der Waals surface area contributed by atoms with E-state index in [9.17, 15) is 13.2 Å². The second-order valence-corrected chi connectivity index (χ2v) is 7.13. The van der Waals surface area contributed by atoms with Gasteiger partial charge in [0.2, 0.25) is 0 Å². The predicted molar refractivity (Wildman–Crippen MR) is 111 cm³/mol. The topological polar surface area (TPSA) is 48.9 Å². The van der Waals surface area contributed by atoms with E-state index in [0.29, 0.717) is 19.0 Å². The minimum Gasteiger partial charge on any atom is -0.379 e. The van der Waals surface area contributed by atoms with Crippen LogP contribution in [-0.4, -0.2) is 44.2 Å². The van der Waals surface area contributed by atoms with Gasteiger partial charge in [0.1, 0.15) is 0 Å². The summed E-state index contributed by atoms with van der Waals surface area (Å²) < 4.78 is 43.4. The number of morpholine rings is 1. The normalized spacial score (nSPS) is 15.8. The van der Waals surface area contributed by atoms with Gasteiger partial charge in [-0.15, -0.1) is 0 Å². The molecule has 0 unspecified atom stereocenters. The van der Waals surface area contributed by atoms with E-state index in [1.807, 2.05) is 12.1 Å². The van der Waals surface area contributed by atoms with Crippen molar-refractivity contribution in [3.05, 3.63) is 70.8 Å². The van der Waals surface area contributed by atoms with Crippen molar-refractivity contribution in [2.45, 2.75) is 25.8 Å². The third-order valence-electron chi connectivity index (χ3n) is 5.03. The van der Waals surface area contributed by atoms with E-state index in [1.165, 1.54) is 23.3 Å². The quantitative estimate of drug-likeness (QED) is 0.556. The monoisotopic (exact) mass is 420 g/mol. The highest BCUT2D eigenvalue weighted by Crippen LogP contribution is 2.29. The highest BCUT2D eigenvalue weighted by Gasteiger charge is 2.29. The van der Waals surface area contributed by atoms with Crippen LogP contribution in [0.5, 0.6) is 0 Å². The van der Waals surface area contributed by atoms with Crippen molar-refractivity contribution >= 4 is 5.96 Å². The van der Waals surface area contributed by atoms with Crippen molar-refractivity contribution in [3.8, 4) is 0 Å². The molecule has 1 saturated heterocycles. The molecule has 0 saturated carbocycles. The minimum absolute atomic E-state index is 0.382. The molecule has 3 rings (SSSR count). The standard InChI is InChI=1S/C22H27F3N4O/c1-26-21(27-14-17-6-8-20(9-7-17)22(23,24)25)28-15-18-4-2-3-5-19(18)16-29-10-12-30-13-11-29/h2-9H,10-16H2,1H3,(H2,26,27,28). The maximum absolute atomic E-state index is 12.7. The van der Waals surface area contributed by atoms with Gasteiger partial charge in [0.15, 0.2) is 5.96 Å². The lowest BCUT2D eigenvalue weighted by molar-refractivity contribution is -0.137. The summed E-state index contributed by atoms with van der Waals surface area (Å²) in [6.07, 6.45) is -4.32. The van der Waals surface area contributed by atoms with E-state index < -0.39 is 11.7 Å². The van der Waals surface area contributed by atoms with Gasteiger partial charge in [0.25, 0.3) is 0 Å². The Morgan fingerprint density at radius 3 is 2.23 bits per heavy atom. The smallest absolute Gasteiger partial charge is 0.379 e. The Morgan fingerprint density at radius 2 is 1.60 bits per heavy atom. The highest BCUT2D eigenvalue weighted by atomic mass is 19.4. The van der Waals surface area contributed by atoms with E-state index in [0.717, 1.165) is 50.5 Å². The summed E-state index contributed by atoms with van der Waals surface area (Å²) in [6.45, 7) is 5.25. The van der Waals surface area contributed by atoms with Crippen LogP contribution in [-0.2, 0) is 30.5 Å². The third kappa shape index (κ3) is 6.47. The van der Waals surface area contributed by atoms with Gasteiger partial charge in [0.05, 0.1) is 18.8 Å². The Balaban J connectivity index is 1.53. The molecule has 0 aromatic heterocycles. The molecule has 30 heavy (non-hydrogen) atoms. The predicted octanol–water partition coefficient (Wildman–Crippen LogP) is 3.40. The number of nitrogens with one attached hydrogen (secondary N) is 2. The molecule has 2 aromatic carbocycles. The number of halogens is 3.